The van der Waals surface area contributed by atoms with E-state index in [9.17, 15) is 14.4 Å². The summed E-state index contributed by atoms with van der Waals surface area (Å²) in [5, 5.41) is 8.13. The number of amides is 3. The number of fused-ring (bicyclic) bond motifs is 2. The smallest absolute Gasteiger partial charge is 0.255 e. The van der Waals surface area contributed by atoms with Crippen molar-refractivity contribution >= 4 is 50.1 Å². The molecule has 2 aliphatic heterocycles. The van der Waals surface area contributed by atoms with Crippen LogP contribution in [0.5, 0.6) is 0 Å². The molecule has 0 spiro atoms. The summed E-state index contributed by atoms with van der Waals surface area (Å²) in [7, 11) is 0. The Morgan fingerprint density at radius 2 is 1.81 bits per heavy atom. The first-order valence-electron chi connectivity index (χ1n) is 10.2. The van der Waals surface area contributed by atoms with Crippen LogP contribution in [0.3, 0.4) is 0 Å². The Morgan fingerprint density at radius 3 is 2.65 bits per heavy atom. The molecule has 0 aliphatic carbocycles. The number of hydrogen-bond donors (Lipinski definition) is 2. The lowest BCUT2D eigenvalue weighted by atomic mass is 10.0. The fraction of sp³-hybridized carbons (Fsp3) is 0.208. The molecule has 2 heterocycles. The van der Waals surface area contributed by atoms with Crippen molar-refractivity contribution in [2.75, 3.05) is 5.32 Å². The third-order valence-corrected chi connectivity index (χ3v) is 6.38. The monoisotopic (exact) mass is 477 g/mol. The summed E-state index contributed by atoms with van der Waals surface area (Å²) in [5.41, 5.74) is 3.60. The van der Waals surface area contributed by atoms with Gasteiger partial charge in [-0.05, 0) is 64.7 Å². The van der Waals surface area contributed by atoms with Crippen LogP contribution in [0.4, 0.5) is 5.69 Å². The molecular formula is C24H20BrN3O3. The Morgan fingerprint density at radius 1 is 1.00 bits per heavy atom. The number of anilines is 1. The van der Waals surface area contributed by atoms with Crippen molar-refractivity contribution in [2.45, 2.75) is 32.0 Å². The normalized spacial score (nSPS) is 18.3. The van der Waals surface area contributed by atoms with E-state index in [4.69, 9.17) is 0 Å². The van der Waals surface area contributed by atoms with E-state index >= 15 is 0 Å². The van der Waals surface area contributed by atoms with Crippen LogP contribution in [0.2, 0.25) is 0 Å². The number of benzene rings is 3. The molecule has 7 heteroatoms. The van der Waals surface area contributed by atoms with Crippen LogP contribution in [0.15, 0.2) is 59.1 Å². The third kappa shape index (κ3) is 3.81. The van der Waals surface area contributed by atoms with Gasteiger partial charge in [-0.3, -0.25) is 19.7 Å². The van der Waals surface area contributed by atoms with E-state index in [1.165, 1.54) is 10.8 Å². The molecule has 2 aliphatic rings. The zero-order valence-corrected chi connectivity index (χ0v) is 18.2. The van der Waals surface area contributed by atoms with Crippen molar-refractivity contribution in [3.8, 4) is 0 Å². The molecule has 2 N–H and O–H groups in total. The third-order valence-electron chi connectivity index (χ3n) is 5.89. The Labute approximate surface area is 187 Å². The maximum Gasteiger partial charge on any atom is 0.255 e. The van der Waals surface area contributed by atoms with E-state index in [0.717, 1.165) is 21.3 Å². The predicted octanol–water partition coefficient (Wildman–Crippen LogP) is 3.98. The van der Waals surface area contributed by atoms with Gasteiger partial charge in [-0.2, -0.15) is 0 Å². The highest BCUT2D eigenvalue weighted by molar-refractivity contribution is 9.10. The minimum absolute atomic E-state index is 0.156. The second kappa shape index (κ2) is 7.81. The molecule has 1 saturated heterocycles. The summed E-state index contributed by atoms with van der Waals surface area (Å²) in [6, 6.07) is 17.7. The second-order valence-corrected chi connectivity index (χ2v) is 8.87. The Bertz CT molecular complexity index is 1240. The molecule has 0 bridgehead atoms. The van der Waals surface area contributed by atoms with Crippen molar-refractivity contribution in [2.24, 2.45) is 0 Å². The average Bonchev–Trinajstić information content (AvgIpc) is 3.08. The van der Waals surface area contributed by atoms with E-state index < -0.39 is 6.04 Å². The van der Waals surface area contributed by atoms with Crippen LogP contribution in [0.25, 0.3) is 10.8 Å². The summed E-state index contributed by atoms with van der Waals surface area (Å²) in [5.74, 6) is -0.825. The standard InChI is InChI=1S/C24H20BrN3O3/c25-18-4-3-15-9-14(1-2-16(15)10-18)12-26-19-5-6-20-17(11-19)13-28(24(20)31)21-7-8-22(29)27-23(21)30/h1-6,9-11,21,26H,7-8,12-13H2,(H,27,29,30). The summed E-state index contributed by atoms with van der Waals surface area (Å²) in [6.07, 6.45) is 0.625. The van der Waals surface area contributed by atoms with Crippen molar-refractivity contribution in [3.63, 3.8) is 0 Å². The number of rotatable bonds is 4. The molecule has 0 saturated carbocycles. The van der Waals surface area contributed by atoms with E-state index in [-0.39, 0.29) is 24.1 Å². The molecule has 3 aromatic carbocycles. The van der Waals surface area contributed by atoms with Crippen LogP contribution in [0.1, 0.15) is 34.3 Å². The number of carbonyl (C=O) groups excluding carboxylic acids is 3. The topological polar surface area (TPSA) is 78.5 Å². The van der Waals surface area contributed by atoms with Crippen molar-refractivity contribution in [1.82, 2.24) is 10.2 Å². The number of nitrogens with one attached hydrogen (secondary N) is 2. The Balaban J connectivity index is 1.30. The fourth-order valence-electron chi connectivity index (χ4n) is 4.26. The first kappa shape index (κ1) is 19.8. The molecule has 156 valence electrons. The summed E-state index contributed by atoms with van der Waals surface area (Å²) < 4.78 is 1.06. The van der Waals surface area contributed by atoms with Crippen LogP contribution in [-0.4, -0.2) is 28.7 Å². The van der Waals surface area contributed by atoms with Crippen molar-refractivity contribution in [3.05, 3.63) is 75.8 Å². The van der Waals surface area contributed by atoms with Crippen molar-refractivity contribution < 1.29 is 14.4 Å². The van der Waals surface area contributed by atoms with Gasteiger partial charge in [0.25, 0.3) is 5.91 Å². The molecule has 1 unspecified atom stereocenters. The largest absolute Gasteiger partial charge is 0.381 e. The van der Waals surface area contributed by atoms with E-state index in [2.05, 4.69) is 56.9 Å². The number of carbonyl (C=O) groups is 3. The molecule has 0 aromatic heterocycles. The zero-order valence-electron chi connectivity index (χ0n) is 16.7. The van der Waals surface area contributed by atoms with Gasteiger partial charge in [0.05, 0.1) is 0 Å². The molecular weight excluding hydrogens is 458 g/mol. The van der Waals surface area contributed by atoms with Crippen LogP contribution < -0.4 is 10.6 Å². The second-order valence-electron chi connectivity index (χ2n) is 7.95. The van der Waals surface area contributed by atoms with Gasteiger partial charge in [0, 0.05) is 35.2 Å². The lowest BCUT2D eigenvalue weighted by Crippen LogP contribution is -2.52. The molecule has 1 fully saturated rings. The van der Waals surface area contributed by atoms with Gasteiger partial charge in [-0.1, -0.05) is 34.1 Å². The van der Waals surface area contributed by atoms with Crippen LogP contribution >= 0.6 is 15.9 Å². The fourth-order valence-corrected chi connectivity index (χ4v) is 4.64. The van der Waals surface area contributed by atoms with Gasteiger partial charge < -0.3 is 10.2 Å². The highest BCUT2D eigenvalue weighted by Crippen LogP contribution is 2.30. The lowest BCUT2D eigenvalue weighted by molar-refractivity contribution is -0.136. The molecule has 31 heavy (non-hydrogen) atoms. The number of nitrogens with zero attached hydrogens (tertiary/aromatic N) is 1. The molecule has 6 nitrogen and oxygen atoms in total. The van der Waals surface area contributed by atoms with Gasteiger partial charge in [0.15, 0.2) is 0 Å². The molecule has 3 amide bonds. The van der Waals surface area contributed by atoms with Gasteiger partial charge in [0.2, 0.25) is 11.8 Å². The lowest BCUT2D eigenvalue weighted by Gasteiger charge is -2.29. The first-order chi connectivity index (χ1) is 15.0. The minimum Gasteiger partial charge on any atom is -0.381 e. The van der Waals surface area contributed by atoms with Gasteiger partial charge in [-0.25, -0.2) is 0 Å². The highest BCUT2D eigenvalue weighted by Gasteiger charge is 2.39. The maximum atomic E-state index is 12.8. The van der Waals surface area contributed by atoms with E-state index in [1.54, 1.807) is 4.90 Å². The Kier molecular flexibility index (Phi) is 4.98. The van der Waals surface area contributed by atoms with Crippen LogP contribution in [-0.2, 0) is 22.7 Å². The molecule has 3 aromatic rings. The van der Waals surface area contributed by atoms with Gasteiger partial charge in [0.1, 0.15) is 6.04 Å². The van der Waals surface area contributed by atoms with Crippen LogP contribution in [0, 0.1) is 0 Å². The average molecular weight is 478 g/mol. The summed E-state index contributed by atoms with van der Waals surface area (Å²) in [4.78, 5) is 38.0. The number of piperidine rings is 1. The van der Waals surface area contributed by atoms with E-state index in [0.29, 0.717) is 25.1 Å². The highest BCUT2D eigenvalue weighted by atomic mass is 79.9. The summed E-state index contributed by atoms with van der Waals surface area (Å²) >= 11 is 3.50. The first-order valence-corrected chi connectivity index (χ1v) is 11.0. The minimum atomic E-state index is -0.591. The SMILES string of the molecule is O=C1CCC(N2Cc3cc(NCc4ccc5cc(Br)ccc5c4)ccc3C2=O)C(=O)N1. The van der Waals surface area contributed by atoms with Gasteiger partial charge in [-0.15, -0.1) is 0 Å². The molecule has 1 atom stereocenters. The number of hydrogen-bond acceptors (Lipinski definition) is 4. The summed E-state index contributed by atoms with van der Waals surface area (Å²) in [6.45, 7) is 1.04. The maximum absolute atomic E-state index is 12.8. The van der Waals surface area contributed by atoms with E-state index in [1.807, 2.05) is 24.3 Å². The van der Waals surface area contributed by atoms with Gasteiger partial charge >= 0.3 is 0 Å². The zero-order chi connectivity index (χ0) is 21.5. The Hall–Kier alpha value is -3.19. The quantitative estimate of drug-likeness (QED) is 0.557. The van der Waals surface area contributed by atoms with Crippen molar-refractivity contribution in [1.29, 1.82) is 0 Å². The molecule has 0 radical (unpaired) electrons. The predicted molar refractivity (Wildman–Crippen MR) is 121 cm³/mol. The molecule has 5 rings (SSSR count). The number of halogens is 1. The number of imide groups is 1.